The molecule has 1 aromatic heterocycles. The Morgan fingerprint density at radius 3 is 2.38 bits per heavy atom. The van der Waals surface area contributed by atoms with Crippen LogP contribution in [0.5, 0.6) is 0 Å². The predicted molar refractivity (Wildman–Crippen MR) is 75.0 cm³/mol. The summed E-state index contributed by atoms with van der Waals surface area (Å²) in [5.41, 5.74) is 10.7. The fourth-order valence-electron chi connectivity index (χ4n) is 1.49. The lowest BCUT2D eigenvalue weighted by Crippen LogP contribution is -2.01. The maximum absolute atomic E-state index is 11.0. The molecule has 0 saturated carbocycles. The number of carboxylic acid groups (broad SMARTS) is 1. The molecule has 5 N–H and O–H groups in total. The highest BCUT2D eigenvalue weighted by Gasteiger charge is 2.19. The highest BCUT2D eigenvalue weighted by molar-refractivity contribution is 7.99. The number of benzene rings is 1. The number of rotatable bonds is 4. The summed E-state index contributed by atoms with van der Waals surface area (Å²) in [6.45, 7) is 0. The summed E-state index contributed by atoms with van der Waals surface area (Å²) >= 11 is 0.815. The third-order valence-electron chi connectivity index (χ3n) is 2.35. The molecule has 2 rings (SSSR count). The van der Waals surface area contributed by atoms with E-state index in [1.807, 2.05) is 0 Å². The first-order valence-electron chi connectivity index (χ1n) is 5.46. The van der Waals surface area contributed by atoms with Crippen LogP contribution in [0.2, 0.25) is 0 Å². The summed E-state index contributed by atoms with van der Waals surface area (Å²) in [6, 6.07) is 4.78. The first-order chi connectivity index (χ1) is 9.86. The zero-order valence-corrected chi connectivity index (χ0v) is 11.2. The molecule has 0 aliphatic rings. The molecular formula is C11H9N5O4S. The van der Waals surface area contributed by atoms with E-state index < -0.39 is 10.9 Å². The van der Waals surface area contributed by atoms with Crippen molar-refractivity contribution in [2.75, 3.05) is 11.5 Å². The van der Waals surface area contributed by atoms with E-state index in [2.05, 4.69) is 9.97 Å². The number of nitrogen functional groups attached to an aromatic ring is 2. The van der Waals surface area contributed by atoms with Crippen molar-refractivity contribution in [2.24, 2.45) is 0 Å². The molecule has 0 spiro atoms. The van der Waals surface area contributed by atoms with Gasteiger partial charge in [-0.15, -0.1) is 0 Å². The number of hydrogen-bond acceptors (Lipinski definition) is 8. The standard InChI is InChI=1S/C11H9N5O4S/c12-8-4-9(13)15-11(14-8)21-7-3-5(10(17)18)1-2-6(7)16(19)20/h1-4H,(H,17,18)(H4,12,13,14,15). The molecule has 0 aliphatic carbocycles. The van der Waals surface area contributed by atoms with E-state index >= 15 is 0 Å². The smallest absolute Gasteiger partial charge is 0.335 e. The van der Waals surface area contributed by atoms with E-state index in [0.29, 0.717) is 0 Å². The van der Waals surface area contributed by atoms with Crippen molar-refractivity contribution in [3.8, 4) is 0 Å². The number of carboxylic acids is 1. The normalized spacial score (nSPS) is 10.3. The summed E-state index contributed by atoms with van der Waals surface area (Å²) in [5.74, 6) is -0.969. The fraction of sp³-hybridized carbons (Fsp3) is 0. The van der Waals surface area contributed by atoms with Crippen molar-refractivity contribution in [3.05, 3.63) is 39.9 Å². The SMILES string of the molecule is Nc1cc(N)nc(Sc2cc(C(=O)O)ccc2[N+](=O)[O-])n1. The number of aromatic carboxylic acids is 1. The largest absolute Gasteiger partial charge is 0.478 e. The number of aromatic nitrogens is 2. The van der Waals surface area contributed by atoms with E-state index in [1.54, 1.807) is 0 Å². The van der Waals surface area contributed by atoms with Crippen molar-refractivity contribution in [3.63, 3.8) is 0 Å². The Morgan fingerprint density at radius 2 is 1.86 bits per heavy atom. The molecule has 0 unspecified atom stereocenters. The molecule has 0 atom stereocenters. The molecule has 0 amide bonds. The number of carbonyl (C=O) groups is 1. The molecule has 0 saturated heterocycles. The maximum atomic E-state index is 11.0. The van der Waals surface area contributed by atoms with Crippen LogP contribution < -0.4 is 11.5 Å². The van der Waals surface area contributed by atoms with Crippen LogP contribution in [0.4, 0.5) is 17.3 Å². The Bertz CT molecular complexity index is 716. The van der Waals surface area contributed by atoms with Gasteiger partial charge in [0.15, 0.2) is 5.16 Å². The summed E-state index contributed by atoms with van der Waals surface area (Å²) in [7, 11) is 0. The minimum Gasteiger partial charge on any atom is -0.478 e. The van der Waals surface area contributed by atoms with Crippen molar-refractivity contribution in [1.29, 1.82) is 0 Å². The third kappa shape index (κ3) is 3.36. The number of nitro benzene ring substituents is 1. The number of nitro groups is 1. The highest BCUT2D eigenvalue weighted by atomic mass is 32.2. The van der Waals surface area contributed by atoms with Gasteiger partial charge in [0.2, 0.25) is 0 Å². The lowest BCUT2D eigenvalue weighted by molar-refractivity contribution is -0.387. The van der Waals surface area contributed by atoms with Crippen LogP contribution in [0.25, 0.3) is 0 Å². The second-order valence-electron chi connectivity index (χ2n) is 3.85. The predicted octanol–water partition coefficient (Wildman–Crippen LogP) is 1.40. The van der Waals surface area contributed by atoms with Crippen molar-refractivity contribution in [2.45, 2.75) is 10.1 Å². The second kappa shape index (κ2) is 5.63. The molecule has 0 fully saturated rings. The third-order valence-corrected chi connectivity index (χ3v) is 3.26. The van der Waals surface area contributed by atoms with Crippen LogP contribution in [-0.4, -0.2) is 26.0 Å². The van der Waals surface area contributed by atoms with Gasteiger partial charge in [-0.3, -0.25) is 10.1 Å². The van der Waals surface area contributed by atoms with Crippen LogP contribution >= 0.6 is 11.8 Å². The Morgan fingerprint density at radius 1 is 1.24 bits per heavy atom. The monoisotopic (exact) mass is 307 g/mol. The van der Waals surface area contributed by atoms with Gasteiger partial charge in [0, 0.05) is 12.1 Å². The van der Waals surface area contributed by atoms with Gasteiger partial charge < -0.3 is 16.6 Å². The van der Waals surface area contributed by atoms with Crippen molar-refractivity contribution >= 4 is 35.1 Å². The highest BCUT2D eigenvalue weighted by Crippen LogP contribution is 2.34. The quantitative estimate of drug-likeness (QED) is 0.431. The average molecular weight is 307 g/mol. The lowest BCUT2D eigenvalue weighted by Gasteiger charge is -2.04. The number of nitrogens with zero attached hydrogens (tertiary/aromatic N) is 3. The molecule has 0 aliphatic heterocycles. The Labute approximate surface area is 122 Å². The van der Waals surface area contributed by atoms with Gasteiger partial charge in [-0.25, -0.2) is 14.8 Å². The molecule has 21 heavy (non-hydrogen) atoms. The van der Waals surface area contributed by atoms with E-state index in [9.17, 15) is 14.9 Å². The van der Waals surface area contributed by atoms with E-state index in [1.165, 1.54) is 12.1 Å². The molecule has 2 aromatic rings. The van der Waals surface area contributed by atoms with Gasteiger partial charge in [-0.1, -0.05) is 0 Å². The second-order valence-corrected chi connectivity index (χ2v) is 4.86. The molecule has 0 radical (unpaired) electrons. The van der Waals surface area contributed by atoms with Crippen LogP contribution in [-0.2, 0) is 0 Å². The number of anilines is 2. The van der Waals surface area contributed by atoms with E-state index in [4.69, 9.17) is 16.6 Å². The van der Waals surface area contributed by atoms with Gasteiger partial charge in [0.25, 0.3) is 5.69 Å². The lowest BCUT2D eigenvalue weighted by atomic mass is 10.2. The van der Waals surface area contributed by atoms with Crippen LogP contribution in [0.3, 0.4) is 0 Å². The first-order valence-corrected chi connectivity index (χ1v) is 6.28. The molecule has 1 aromatic carbocycles. The van der Waals surface area contributed by atoms with Crippen molar-refractivity contribution < 1.29 is 14.8 Å². The van der Waals surface area contributed by atoms with Gasteiger partial charge >= 0.3 is 5.97 Å². The van der Waals surface area contributed by atoms with Gasteiger partial charge in [-0.2, -0.15) is 0 Å². The fourth-order valence-corrected chi connectivity index (χ4v) is 2.42. The van der Waals surface area contributed by atoms with Crippen molar-refractivity contribution in [1.82, 2.24) is 9.97 Å². The zero-order valence-electron chi connectivity index (χ0n) is 10.4. The Hall–Kier alpha value is -2.88. The Kier molecular flexibility index (Phi) is 3.89. The minimum atomic E-state index is -1.19. The minimum absolute atomic E-state index is 0.0834. The average Bonchev–Trinajstić information content (AvgIpc) is 2.36. The van der Waals surface area contributed by atoms with E-state index in [0.717, 1.165) is 23.9 Å². The molecule has 10 heteroatoms. The summed E-state index contributed by atoms with van der Waals surface area (Å²) in [4.78, 5) is 29.2. The first kappa shape index (κ1) is 14.5. The molecule has 9 nitrogen and oxygen atoms in total. The zero-order chi connectivity index (χ0) is 15.6. The number of hydrogen-bond donors (Lipinski definition) is 3. The summed E-state index contributed by atoms with van der Waals surface area (Å²) in [6.07, 6.45) is 0. The molecule has 0 bridgehead atoms. The van der Waals surface area contributed by atoms with E-state index in [-0.39, 0.29) is 32.9 Å². The van der Waals surface area contributed by atoms with Gasteiger partial charge in [0.1, 0.15) is 11.6 Å². The van der Waals surface area contributed by atoms with Crippen LogP contribution in [0, 0.1) is 10.1 Å². The maximum Gasteiger partial charge on any atom is 0.335 e. The topological polar surface area (TPSA) is 158 Å². The Balaban J connectivity index is 2.47. The molecule has 108 valence electrons. The van der Waals surface area contributed by atoms with Gasteiger partial charge in [0.05, 0.1) is 15.4 Å². The van der Waals surface area contributed by atoms with Gasteiger partial charge in [-0.05, 0) is 23.9 Å². The molecular weight excluding hydrogens is 298 g/mol. The van der Waals surface area contributed by atoms with Crippen LogP contribution in [0.15, 0.2) is 34.3 Å². The summed E-state index contributed by atoms with van der Waals surface area (Å²) < 4.78 is 0. The summed E-state index contributed by atoms with van der Waals surface area (Å²) in [5, 5.41) is 20.0. The van der Waals surface area contributed by atoms with Crippen LogP contribution in [0.1, 0.15) is 10.4 Å². The number of nitrogens with two attached hydrogens (primary N) is 2. The molecule has 1 heterocycles.